The number of carbonyl (C=O) groups excluding carboxylic acids is 1. The van der Waals surface area contributed by atoms with E-state index in [0.717, 1.165) is 18.5 Å². The first-order valence-electron chi connectivity index (χ1n) is 7.68. The van der Waals surface area contributed by atoms with Crippen LogP contribution in [0.3, 0.4) is 0 Å². The Morgan fingerprint density at radius 1 is 1.22 bits per heavy atom. The molecule has 0 saturated carbocycles. The lowest BCUT2D eigenvalue weighted by Gasteiger charge is -2.24. The highest BCUT2D eigenvalue weighted by molar-refractivity contribution is 5.83. The first-order valence-corrected chi connectivity index (χ1v) is 7.68. The van der Waals surface area contributed by atoms with E-state index < -0.39 is 6.04 Å². The van der Waals surface area contributed by atoms with Gasteiger partial charge in [-0.25, -0.2) is 4.39 Å². The molecule has 1 atom stereocenters. The van der Waals surface area contributed by atoms with Crippen LogP contribution in [0, 0.1) is 5.82 Å². The smallest absolute Gasteiger partial charge is 0.242 e. The summed E-state index contributed by atoms with van der Waals surface area (Å²) in [4.78, 5) is 18.4. The number of halogens is 1. The van der Waals surface area contributed by atoms with Crippen molar-refractivity contribution in [1.29, 1.82) is 0 Å². The molecule has 4 nitrogen and oxygen atoms in total. The summed E-state index contributed by atoms with van der Waals surface area (Å²) in [6, 6.07) is 11.5. The van der Waals surface area contributed by atoms with Crippen LogP contribution < -0.4 is 5.32 Å². The van der Waals surface area contributed by atoms with Crippen molar-refractivity contribution in [2.24, 2.45) is 0 Å². The van der Waals surface area contributed by atoms with E-state index >= 15 is 0 Å². The van der Waals surface area contributed by atoms with Crippen LogP contribution in [-0.4, -0.2) is 36.4 Å². The minimum Gasteiger partial charge on any atom is -0.354 e. The molecule has 0 fully saturated rings. The molecule has 23 heavy (non-hydrogen) atoms. The third-order valence-electron chi connectivity index (χ3n) is 3.60. The lowest BCUT2D eigenvalue weighted by Crippen LogP contribution is -2.38. The molecule has 0 aliphatic heterocycles. The Bertz CT molecular complexity index is 631. The summed E-state index contributed by atoms with van der Waals surface area (Å²) in [7, 11) is 3.54. The Kier molecular flexibility index (Phi) is 6.23. The molecular formula is C18H22FN3O. The topological polar surface area (TPSA) is 45.2 Å². The number of hydrogen-bond acceptors (Lipinski definition) is 3. The Morgan fingerprint density at radius 2 is 1.96 bits per heavy atom. The van der Waals surface area contributed by atoms with E-state index in [2.05, 4.69) is 10.3 Å². The fourth-order valence-corrected chi connectivity index (χ4v) is 2.47. The van der Waals surface area contributed by atoms with Crippen molar-refractivity contribution in [3.8, 4) is 0 Å². The fourth-order valence-electron chi connectivity index (χ4n) is 2.47. The van der Waals surface area contributed by atoms with E-state index in [1.165, 1.54) is 6.07 Å². The van der Waals surface area contributed by atoms with E-state index in [0.29, 0.717) is 12.1 Å². The molecule has 1 aromatic heterocycles. The van der Waals surface area contributed by atoms with Crippen molar-refractivity contribution in [2.75, 3.05) is 20.6 Å². The van der Waals surface area contributed by atoms with Gasteiger partial charge >= 0.3 is 0 Å². The van der Waals surface area contributed by atoms with Crippen molar-refractivity contribution in [3.63, 3.8) is 0 Å². The number of nitrogens with zero attached hydrogens (tertiary/aromatic N) is 2. The third kappa shape index (κ3) is 4.86. The number of rotatable bonds is 7. The molecule has 1 heterocycles. The number of aromatic nitrogens is 1. The number of hydrogen-bond donors (Lipinski definition) is 1. The molecule has 5 heteroatoms. The molecule has 1 amide bonds. The summed E-state index contributed by atoms with van der Waals surface area (Å²) in [6.45, 7) is 0.536. The molecular weight excluding hydrogens is 293 g/mol. The van der Waals surface area contributed by atoms with Gasteiger partial charge in [0.25, 0.3) is 0 Å². The molecule has 0 unspecified atom stereocenters. The van der Waals surface area contributed by atoms with Crippen LogP contribution in [0.15, 0.2) is 48.7 Å². The van der Waals surface area contributed by atoms with E-state index in [1.807, 2.05) is 18.2 Å². The molecule has 0 aliphatic rings. The first-order chi connectivity index (χ1) is 11.1. The van der Waals surface area contributed by atoms with Gasteiger partial charge in [-0.1, -0.05) is 24.3 Å². The lowest BCUT2D eigenvalue weighted by molar-refractivity contribution is -0.125. The monoisotopic (exact) mass is 315 g/mol. The molecule has 0 radical (unpaired) electrons. The number of carbonyl (C=O) groups is 1. The zero-order valence-corrected chi connectivity index (χ0v) is 13.5. The maximum Gasteiger partial charge on any atom is 0.242 e. The molecule has 0 aliphatic carbocycles. The maximum atomic E-state index is 14.0. The number of pyridine rings is 1. The van der Waals surface area contributed by atoms with Crippen molar-refractivity contribution >= 4 is 5.91 Å². The van der Waals surface area contributed by atoms with Gasteiger partial charge in [-0.05, 0) is 45.1 Å². The number of aryl methyl sites for hydroxylation is 1. The molecule has 0 saturated heterocycles. The van der Waals surface area contributed by atoms with Crippen LogP contribution in [-0.2, 0) is 11.2 Å². The molecule has 2 aromatic rings. The normalized spacial score (nSPS) is 12.2. The Labute approximate surface area is 136 Å². The zero-order chi connectivity index (χ0) is 16.7. The minimum atomic E-state index is -0.633. The second-order valence-electron chi connectivity index (χ2n) is 5.60. The van der Waals surface area contributed by atoms with Crippen LogP contribution in [0.5, 0.6) is 0 Å². The van der Waals surface area contributed by atoms with E-state index in [4.69, 9.17) is 0 Å². The number of nitrogens with one attached hydrogen (secondary N) is 1. The van der Waals surface area contributed by atoms with Crippen LogP contribution >= 0.6 is 0 Å². The van der Waals surface area contributed by atoms with Gasteiger partial charge in [-0.15, -0.1) is 0 Å². The van der Waals surface area contributed by atoms with Gasteiger partial charge < -0.3 is 5.32 Å². The molecule has 122 valence electrons. The highest BCUT2D eigenvalue weighted by Gasteiger charge is 2.25. The molecule has 0 spiro atoms. The summed E-state index contributed by atoms with van der Waals surface area (Å²) in [5.74, 6) is -0.559. The molecule has 1 N–H and O–H groups in total. The SMILES string of the molecule is CN(C)[C@H](C(=O)NCCCc1ccccn1)c1ccccc1F. The molecule has 2 rings (SSSR count). The van der Waals surface area contributed by atoms with Crippen LogP contribution in [0.1, 0.15) is 23.7 Å². The van der Waals surface area contributed by atoms with Gasteiger partial charge in [-0.2, -0.15) is 0 Å². The van der Waals surface area contributed by atoms with Gasteiger partial charge in [0.2, 0.25) is 5.91 Å². The van der Waals surface area contributed by atoms with Gasteiger partial charge in [0.15, 0.2) is 0 Å². The average molecular weight is 315 g/mol. The maximum absolute atomic E-state index is 14.0. The van der Waals surface area contributed by atoms with E-state index in [9.17, 15) is 9.18 Å². The van der Waals surface area contributed by atoms with Gasteiger partial charge in [0.05, 0.1) is 0 Å². The quantitative estimate of drug-likeness (QED) is 0.799. The molecule has 1 aromatic carbocycles. The van der Waals surface area contributed by atoms with Gasteiger partial charge in [0, 0.05) is 24.0 Å². The highest BCUT2D eigenvalue weighted by Crippen LogP contribution is 2.21. The second kappa shape index (κ2) is 8.39. The van der Waals surface area contributed by atoms with Gasteiger partial charge in [-0.3, -0.25) is 14.7 Å². The summed E-state index contributed by atoms with van der Waals surface area (Å²) >= 11 is 0. The fraction of sp³-hybridized carbons (Fsp3) is 0.333. The van der Waals surface area contributed by atoms with Crippen LogP contribution in [0.2, 0.25) is 0 Å². The van der Waals surface area contributed by atoms with Crippen molar-refractivity contribution < 1.29 is 9.18 Å². The second-order valence-corrected chi connectivity index (χ2v) is 5.60. The number of amides is 1. The summed E-state index contributed by atoms with van der Waals surface area (Å²) in [5.41, 5.74) is 1.39. The predicted octanol–water partition coefficient (Wildman–Crippen LogP) is 2.57. The Balaban J connectivity index is 1.91. The Morgan fingerprint density at radius 3 is 2.61 bits per heavy atom. The lowest BCUT2D eigenvalue weighted by atomic mass is 10.0. The highest BCUT2D eigenvalue weighted by atomic mass is 19.1. The van der Waals surface area contributed by atoms with E-state index in [1.54, 1.807) is 43.4 Å². The summed E-state index contributed by atoms with van der Waals surface area (Å²) < 4.78 is 14.0. The Hall–Kier alpha value is -2.27. The zero-order valence-electron chi connectivity index (χ0n) is 13.5. The third-order valence-corrected chi connectivity index (χ3v) is 3.60. The molecule has 0 bridgehead atoms. The number of likely N-dealkylation sites (N-methyl/N-ethyl adjacent to an activating group) is 1. The van der Waals surface area contributed by atoms with Crippen molar-refractivity contribution in [2.45, 2.75) is 18.9 Å². The summed E-state index contributed by atoms with van der Waals surface area (Å²) in [6.07, 6.45) is 3.35. The van der Waals surface area contributed by atoms with Crippen LogP contribution in [0.4, 0.5) is 4.39 Å². The first kappa shape index (κ1) is 17.1. The van der Waals surface area contributed by atoms with E-state index in [-0.39, 0.29) is 11.7 Å². The van der Waals surface area contributed by atoms with Crippen molar-refractivity contribution in [1.82, 2.24) is 15.2 Å². The summed E-state index contributed by atoms with van der Waals surface area (Å²) in [5, 5.41) is 2.88. The predicted molar refractivity (Wildman–Crippen MR) is 88.4 cm³/mol. The van der Waals surface area contributed by atoms with Crippen molar-refractivity contribution in [3.05, 3.63) is 65.7 Å². The van der Waals surface area contributed by atoms with Crippen LogP contribution in [0.25, 0.3) is 0 Å². The standard InChI is InChI=1S/C18H22FN3O/c1-22(2)17(15-10-3-4-11-16(15)19)18(23)21-13-7-9-14-8-5-6-12-20-14/h3-6,8,10-12,17H,7,9,13H2,1-2H3,(H,21,23)/t17-/m0/s1. The number of benzene rings is 1. The largest absolute Gasteiger partial charge is 0.354 e. The van der Waals surface area contributed by atoms with Gasteiger partial charge in [0.1, 0.15) is 11.9 Å². The minimum absolute atomic E-state index is 0.193. The average Bonchev–Trinajstić information content (AvgIpc) is 2.54.